The second-order valence-electron chi connectivity index (χ2n) is 8.04. The Bertz CT molecular complexity index is 1080. The smallest absolute Gasteiger partial charge is 0.267 e. The zero-order chi connectivity index (χ0) is 24.0. The van der Waals surface area contributed by atoms with E-state index in [4.69, 9.17) is 5.21 Å². The fraction of sp³-hybridized carbons (Fsp3) is 0.280. The third-order valence-electron chi connectivity index (χ3n) is 5.51. The van der Waals surface area contributed by atoms with Gasteiger partial charge in [-0.05, 0) is 56.3 Å². The van der Waals surface area contributed by atoms with Gasteiger partial charge in [-0.2, -0.15) is 0 Å². The van der Waals surface area contributed by atoms with Crippen molar-refractivity contribution in [3.05, 3.63) is 71.6 Å². The number of anilines is 1. The van der Waals surface area contributed by atoms with Crippen molar-refractivity contribution in [3.8, 4) is 0 Å². The summed E-state index contributed by atoms with van der Waals surface area (Å²) >= 11 is 0. The quantitative estimate of drug-likeness (QED) is 0.305. The molecule has 0 saturated carbocycles. The van der Waals surface area contributed by atoms with E-state index in [0.717, 1.165) is 11.8 Å². The number of amides is 2. The molecule has 1 saturated heterocycles. The Kier molecular flexibility index (Phi) is 7.74. The second-order valence-corrected chi connectivity index (χ2v) is 8.04. The molecular weight excluding hydrogens is 420 g/mol. The molecule has 1 fully saturated rings. The number of nitrogens with zero attached hydrogens (tertiary/aromatic N) is 3. The molecule has 1 aromatic carbocycles. The van der Waals surface area contributed by atoms with Crippen molar-refractivity contribution < 1.29 is 19.6 Å². The molecule has 0 spiro atoms. The Hall–Kier alpha value is -3.78. The third-order valence-corrected chi connectivity index (χ3v) is 5.51. The van der Waals surface area contributed by atoms with Gasteiger partial charge in [-0.1, -0.05) is 18.2 Å². The Morgan fingerprint density at radius 2 is 1.58 bits per heavy atom. The number of hydrogen-bond acceptors (Lipinski definition) is 6. The highest BCUT2D eigenvalue weighted by molar-refractivity contribution is 6.10. The summed E-state index contributed by atoms with van der Waals surface area (Å²) in [5.74, 6) is -0.747. The fourth-order valence-corrected chi connectivity index (χ4v) is 4.20. The monoisotopic (exact) mass is 448 g/mol. The van der Waals surface area contributed by atoms with Crippen LogP contribution in [0.5, 0.6) is 0 Å². The summed E-state index contributed by atoms with van der Waals surface area (Å²) in [5, 5.41) is 8.56. The molecule has 2 N–H and O–H groups in total. The molecule has 0 unspecified atom stereocenters. The zero-order valence-electron chi connectivity index (χ0n) is 18.9. The van der Waals surface area contributed by atoms with Crippen LogP contribution in [-0.2, 0) is 9.59 Å². The molecule has 8 nitrogen and oxygen atoms in total. The summed E-state index contributed by atoms with van der Waals surface area (Å²) in [4.78, 5) is 44.6. The highest BCUT2D eigenvalue weighted by Gasteiger charge is 2.32. The Morgan fingerprint density at radius 3 is 2.18 bits per heavy atom. The summed E-state index contributed by atoms with van der Waals surface area (Å²) in [6.07, 6.45) is 5.73. The summed E-state index contributed by atoms with van der Waals surface area (Å²) < 4.78 is 0. The van der Waals surface area contributed by atoms with Crippen molar-refractivity contribution >= 4 is 35.4 Å². The SMILES string of the molecule is CC(=O)N1[C@H](C)CN(c2ccccc2C(=O)C=Cc2cccc(C=CC(=O)NO)n2)C[C@@H]1C. The van der Waals surface area contributed by atoms with Gasteiger partial charge in [0.05, 0.1) is 11.4 Å². The van der Waals surface area contributed by atoms with Gasteiger partial charge in [0.15, 0.2) is 5.78 Å². The molecule has 0 aliphatic carbocycles. The lowest BCUT2D eigenvalue weighted by molar-refractivity contribution is -0.133. The molecule has 1 aliphatic heterocycles. The van der Waals surface area contributed by atoms with Crippen LogP contribution in [0.3, 0.4) is 0 Å². The maximum absolute atomic E-state index is 13.1. The number of rotatable bonds is 6. The first-order valence-corrected chi connectivity index (χ1v) is 10.7. The Balaban J connectivity index is 1.79. The number of carbonyl (C=O) groups is 3. The first kappa shape index (κ1) is 23.9. The molecule has 3 rings (SSSR count). The largest absolute Gasteiger partial charge is 0.367 e. The van der Waals surface area contributed by atoms with E-state index in [1.165, 1.54) is 17.6 Å². The lowest BCUT2D eigenvalue weighted by atomic mass is 10.0. The third kappa shape index (κ3) is 5.93. The number of pyridine rings is 1. The van der Waals surface area contributed by atoms with Crippen LogP contribution in [0.15, 0.2) is 54.6 Å². The van der Waals surface area contributed by atoms with Crippen LogP contribution in [0.1, 0.15) is 42.5 Å². The minimum absolute atomic E-state index is 0.0397. The number of piperazine rings is 1. The lowest BCUT2D eigenvalue weighted by Gasteiger charge is -2.45. The molecule has 2 atom stereocenters. The number of hydrogen-bond donors (Lipinski definition) is 2. The highest BCUT2D eigenvalue weighted by Crippen LogP contribution is 2.26. The van der Waals surface area contributed by atoms with Gasteiger partial charge >= 0.3 is 0 Å². The molecule has 0 radical (unpaired) electrons. The van der Waals surface area contributed by atoms with Gasteiger partial charge in [-0.15, -0.1) is 0 Å². The van der Waals surface area contributed by atoms with E-state index in [0.29, 0.717) is 30.0 Å². The van der Waals surface area contributed by atoms with Crippen LogP contribution in [-0.4, -0.2) is 57.9 Å². The highest BCUT2D eigenvalue weighted by atomic mass is 16.5. The summed E-state index contributed by atoms with van der Waals surface area (Å²) in [6.45, 7) is 6.92. The Labute approximate surface area is 193 Å². The number of carbonyl (C=O) groups excluding carboxylic acids is 3. The van der Waals surface area contributed by atoms with Gasteiger partial charge < -0.3 is 9.80 Å². The molecule has 172 valence electrons. The van der Waals surface area contributed by atoms with Crippen LogP contribution in [0.2, 0.25) is 0 Å². The van der Waals surface area contributed by atoms with Gasteiger partial charge in [0, 0.05) is 49.4 Å². The molecule has 8 heteroatoms. The lowest BCUT2D eigenvalue weighted by Crippen LogP contribution is -2.58. The molecule has 2 heterocycles. The number of hydroxylamine groups is 1. The zero-order valence-corrected chi connectivity index (χ0v) is 18.9. The average Bonchev–Trinajstić information content (AvgIpc) is 2.80. The van der Waals surface area contributed by atoms with Crippen molar-refractivity contribution in [2.24, 2.45) is 0 Å². The normalized spacial score (nSPS) is 18.7. The number of ketones is 1. The first-order chi connectivity index (χ1) is 15.8. The van der Waals surface area contributed by atoms with Crippen LogP contribution in [0.25, 0.3) is 12.2 Å². The van der Waals surface area contributed by atoms with Gasteiger partial charge in [-0.25, -0.2) is 10.5 Å². The van der Waals surface area contributed by atoms with Crippen LogP contribution < -0.4 is 10.4 Å². The predicted octanol–water partition coefficient (Wildman–Crippen LogP) is 2.94. The van der Waals surface area contributed by atoms with Crippen LogP contribution in [0.4, 0.5) is 5.69 Å². The molecule has 2 amide bonds. The van der Waals surface area contributed by atoms with E-state index in [9.17, 15) is 14.4 Å². The number of nitrogens with one attached hydrogen (secondary N) is 1. The van der Waals surface area contributed by atoms with Crippen LogP contribution in [0, 0.1) is 0 Å². The van der Waals surface area contributed by atoms with Crippen molar-refractivity contribution in [1.29, 1.82) is 0 Å². The van der Waals surface area contributed by atoms with Crippen molar-refractivity contribution in [2.75, 3.05) is 18.0 Å². The van der Waals surface area contributed by atoms with E-state index in [1.807, 2.05) is 36.9 Å². The van der Waals surface area contributed by atoms with Gasteiger partial charge in [0.2, 0.25) is 5.91 Å². The van der Waals surface area contributed by atoms with Gasteiger partial charge in [-0.3, -0.25) is 19.6 Å². The van der Waals surface area contributed by atoms with E-state index in [1.54, 1.807) is 37.3 Å². The van der Waals surface area contributed by atoms with Crippen molar-refractivity contribution in [1.82, 2.24) is 15.4 Å². The number of benzene rings is 1. The topological polar surface area (TPSA) is 103 Å². The number of allylic oxidation sites excluding steroid dienone is 1. The van der Waals surface area contributed by atoms with Crippen molar-refractivity contribution in [3.63, 3.8) is 0 Å². The van der Waals surface area contributed by atoms with E-state index < -0.39 is 5.91 Å². The first-order valence-electron chi connectivity index (χ1n) is 10.7. The van der Waals surface area contributed by atoms with Crippen molar-refractivity contribution in [2.45, 2.75) is 32.9 Å². The minimum atomic E-state index is -0.655. The van der Waals surface area contributed by atoms with E-state index >= 15 is 0 Å². The molecule has 1 aliphatic rings. The van der Waals surface area contributed by atoms with E-state index in [2.05, 4.69) is 9.88 Å². The molecule has 2 aromatic rings. The predicted molar refractivity (Wildman–Crippen MR) is 127 cm³/mol. The average molecular weight is 449 g/mol. The second kappa shape index (κ2) is 10.7. The maximum atomic E-state index is 13.1. The van der Waals surface area contributed by atoms with Gasteiger partial charge in [0.1, 0.15) is 0 Å². The van der Waals surface area contributed by atoms with Crippen LogP contribution >= 0.6 is 0 Å². The fourth-order valence-electron chi connectivity index (χ4n) is 4.20. The maximum Gasteiger partial charge on any atom is 0.267 e. The van der Waals surface area contributed by atoms with E-state index in [-0.39, 0.29) is 23.8 Å². The summed E-state index contributed by atoms with van der Waals surface area (Å²) in [5.41, 5.74) is 4.02. The molecular formula is C25H28N4O4. The summed E-state index contributed by atoms with van der Waals surface area (Å²) in [7, 11) is 0. The minimum Gasteiger partial charge on any atom is -0.367 e. The standard InChI is InChI=1S/C25H28N4O4/c1-17-15-28(16-18(2)29(17)19(3)30)23-10-5-4-9-22(23)24(31)13-11-20-7-6-8-21(26-20)12-14-25(32)27-33/h4-14,17-18,33H,15-16H2,1-3H3,(H,27,32)/t17-,18+. The Morgan fingerprint density at radius 1 is 0.970 bits per heavy atom. The molecule has 1 aromatic heterocycles. The van der Waals surface area contributed by atoms with Gasteiger partial charge in [0.25, 0.3) is 5.91 Å². The number of para-hydroxylation sites is 1. The molecule has 0 bridgehead atoms. The number of aromatic nitrogens is 1. The molecule has 33 heavy (non-hydrogen) atoms. The summed E-state index contributed by atoms with van der Waals surface area (Å²) in [6, 6.07) is 12.8.